The number of benzene rings is 2. The molecule has 2 aromatic carbocycles. The number of nitrogens with zero attached hydrogens (tertiary/aromatic N) is 1. The summed E-state index contributed by atoms with van der Waals surface area (Å²) in [7, 11) is 0. The highest BCUT2D eigenvalue weighted by Gasteiger charge is 2.34. The van der Waals surface area contributed by atoms with E-state index >= 15 is 0 Å². The van der Waals surface area contributed by atoms with Crippen molar-refractivity contribution >= 4 is 17.7 Å². The third-order valence-corrected chi connectivity index (χ3v) is 4.49. The SMILES string of the molecule is Cc1ccc(C(=O)NN(NC(=O)c2ccc(-c3ccccc3C(F)(F)F)o2)C(=O)CN)cc1. The lowest BCUT2D eigenvalue weighted by molar-refractivity contribution is -0.137. The first-order valence-corrected chi connectivity index (χ1v) is 9.58. The minimum atomic E-state index is -4.63. The number of furan rings is 1. The van der Waals surface area contributed by atoms with E-state index in [1.54, 1.807) is 12.1 Å². The van der Waals surface area contributed by atoms with Crippen molar-refractivity contribution in [1.82, 2.24) is 16.0 Å². The third kappa shape index (κ3) is 5.57. The van der Waals surface area contributed by atoms with Crippen LogP contribution in [0.5, 0.6) is 0 Å². The van der Waals surface area contributed by atoms with E-state index in [0.717, 1.165) is 17.7 Å². The summed E-state index contributed by atoms with van der Waals surface area (Å²) in [5.41, 5.74) is 9.61. The van der Waals surface area contributed by atoms with Gasteiger partial charge in [0.1, 0.15) is 5.76 Å². The number of amides is 3. The van der Waals surface area contributed by atoms with E-state index in [4.69, 9.17) is 10.2 Å². The molecule has 3 aromatic rings. The summed E-state index contributed by atoms with van der Waals surface area (Å²) in [6, 6.07) is 13.5. The number of carbonyl (C=O) groups excluding carboxylic acids is 3. The summed E-state index contributed by atoms with van der Waals surface area (Å²) in [5.74, 6) is -3.12. The van der Waals surface area contributed by atoms with Gasteiger partial charge in [-0.25, -0.2) is 10.9 Å². The molecule has 11 heteroatoms. The Hall–Kier alpha value is -4.12. The van der Waals surface area contributed by atoms with Gasteiger partial charge < -0.3 is 10.2 Å². The molecule has 0 fully saturated rings. The van der Waals surface area contributed by atoms with E-state index in [2.05, 4.69) is 10.9 Å². The first kappa shape index (κ1) is 23.5. The van der Waals surface area contributed by atoms with Crippen LogP contribution in [0.4, 0.5) is 13.2 Å². The maximum Gasteiger partial charge on any atom is 0.417 e. The van der Waals surface area contributed by atoms with Crippen molar-refractivity contribution < 1.29 is 32.0 Å². The van der Waals surface area contributed by atoms with Crippen molar-refractivity contribution in [1.29, 1.82) is 0 Å². The lowest BCUT2D eigenvalue weighted by atomic mass is 10.1. The monoisotopic (exact) mass is 460 g/mol. The second-order valence-corrected chi connectivity index (χ2v) is 6.89. The standard InChI is InChI=1S/C22H19F3N4O4/c1-13-6-8-14(9-7-13)20(31)27-29(19(30)12-26)28-21(32)18-11-10-17(33-18)15-4-2-3-5-16(15)22(23,24)25/h2-11H,12,26H2,1H3,(H,27,31)(H,28,32). The van der Waals surface area contributed by atoms with Crippen LogP contribution in [-0.2, 0) is 11.0 Å². The van der Waals surface area contributed by atoms with Gasteiger partial charge in [-0.3, -0.25) is 14.4 Å². The molecule has 0 radical (unpaired) electrons. The third-order valence-electron chi connectivity index (χ3n) is 4.49. The fourth-order valence-corrected chi connectivity index (χ4v) is 2.82. The average molecular weight is 460 g/mol. The van der Waals surface area contributed by atoms with Gasteiger partial charge in [0.25, 0.3) is 11.8 Å². The van der Waals surface area contributed by atoms with Gasteiger partial charge in [0, 0.05) is 11.1 Å². The molecule has 1 heterocycles. The Morgan fingerprint density at radius 1 is 0.939 bits per heavy atom. The highest BCUT2D eigenvalue weighted by Crippen LogP contribution is 2.37. The number of hydrogen-bond acceptors (Lipinski definition) is 5. The predicted molar refractivity (Wildman–Crippen MR) is 111 cm³/mol. The molecule has 0 atom stereocenters. The Kier molecular flexibility index (Phi) is 6.83. The minimum Gasteiger partial charge on any atom is -0.451 e. The van der Waals surface area contributed by atoms with E-state index in [0.29, 0.717) is 5.12 Å². The van der Waals surface area contributed by atoms with Crippen LogP contribution in [0.2, 0.25) is 0 Å². The molecule has 0 unspecified atom stereocenters. The fourth-order valence-electron chi connectivity index (χ4n) is 2.82. The first-order chi connectivity index (χ1) is 15.6. The smallest absolute Gasteiger partial charge is 0.417 e. The fraction of sp³-hybridized carbons (Fsp3) is 0.136. The van der Waals surface area contributed by atoms with Crippen LogP contribution in [0.15, 0.2) is 65.1 Å². The number of aryl methyl sites for hydroxylation is 1. The van der Waals surface area contributed by atoms with Crippen molar-refractivity contribution in [2.24, 2.45) is 5.73 Å². The summed E-state index contributed by atoms with van der Waals surface area (Å²) in [6.45, 7) is 1.29. The Morgan fingerprint density at radius 2 is 1.58 bits per heavy atom. The molecule has 3 amide bonds. The Labute approximate surface area is 186 Å². The lowest BCUT2D eigenvalue weighted by Gasteiger charge is -2.22. The van der Waals surface area contributed by atoms with Gasteiger partial charge in [0.05, 0.1) is 12.1 Å². The number of rotatable bonds is 4. The minimum absolute atomic E-state index is 0.200. The molecule has 8 nitrogen and oxygen atoms in total. The summed E-state index contributed by atoms with van der Waals surface area (Å²) in [5, 5.41) is 0.496. The maximum absolute atomic E-state index is 13.3. The molecule has 0 saturated carbocycles. The van der Waals surface area contributed by atoms with Gasteiger partial charge in [0.15, 0.2) is 5.76 Å². The molecule has 0 saturated heterocycles. The summed E-state index contributed by atoms with van der Waals surface area (Å²) in [4.78, 5) is 37.0. The second kappa shape index (κ2) is 9.57. The quantitative estimate of drug-likeness (QED) is 0.518. The van der Waals surface area contributed by atoms with Crippen molar-refractivity contribution in [2.45, 2.75) is 13.1 Å². The molecule has 4 N–H and O–H groups in total. The lowest BCUT2D eigenvalue weighted by Crippen LogP contribution is -2.57. The summed E-state index contributed by atoms with van der Waals surface area (Å²) >= 11 is 0. The molecule has 33 heavy (non-hydrogen) atoms. The normalized spacial score (nSPS) is 11.1. The van der Waals surface area contributed by atoms with Crippen LogP contribution in [0, 0.1) is 6.92 Å². The molecule has 1 aromatic heterocycles. The molecule has 3 rings (SSSR count). The van der Waals surface area contributed by atoms with E-state index < -0.39 is 36.0 Å². The molecule has 0 aliphatic rings. The molecule has 172 valence electrons. The topological polar surface area (TPSA) is 118 Å². The average Bonchev–Trinajstić information content (AvgIpc) is 3.28. The molecule has 0 aliphatic carbocycles. The van der Waals surface area contributed by atoms with E-state index in [1.165, 1.54) is 36.4 Å². The van der Waals surface area contributed by atoms with E-state index in [9.17, 15) is 27.6 Å². The van der Waals surface area contributed by atoms with Crippen LogP contribution < -0.4 is 16.6 Å². The van der Waals surface area contributed by atoms with Crippen LogP contribution in [-0.4, -0.2) is 29.4 Å². The summed E-state index contributed by atoms with van der Waals surface area (Å²) < 4.78 is 45.1. The maximum atomic E-state index is 13.3. The van der Waals surface area contributed by atoms with Crippen molar-refractivity contribution in [3.8, 4) is 11.3 Å². The predicted octanol–water partition coefficient (Wildman–Crippen LogP) is 3.05. The van der Waals surface area contributed by atoms with E-state index in [1.807, 2.05) is 6.92 Å². The van der Waals surface area contributed by atoms with Crippen LogP contribution in [0.25, 0.3) is 11.3 Å². The summed E-state index contributed by atoms with van der Waals surface area (Å²) in [6.07, 6.45) is -4.63. The first-order valence-electron chi connectivity index (χ1n) is 9.58. The molecule has 0 spiro atoms. The number of hydrazine groups is 2. The second-order valence-electron chi connectivity index (χ2n) is 6.89. The highest BCUT2D eigenvalue weighted by molar-refractivity contribution is 5.97. The number of halogens is 3. The Balaban J connectivity index is 1.79. The molecule has 0 bridgehead atoms. The zero-order valence-electron chi connectivity index (χ0n) is 17.3. The van der Waals surface area contributed by atoms with Crippen molar-refractivity contribution in [3.63, 3.8) is 0 Å². The van der Waals surface area contributed by atoms with Crippen LogP contribution in [0.1, 0.15) is 32.0 Å². The van der Waals surface area contributed by atoms with Crippen molar-refractivity contribution in [2.75, 3.05) is 6.54 Å². The van der Waals surface area contributed by atoms with Gasteiger partial charge in [-0.05, 0) is 37.3 Å². The Bertz CT molecular complexity index is 1170. The number of hydrogen-bond donors (Lipinski definition) is 3. The number of nitrogens with two attached hydrogens (primary N) is 1. The van der Waals surface area contributed by atoms with Gasteiger partial charge in [-0.15, -0.1) is 0 Å². The number of alkyl halides is 3. The van der Waals surface area contributed by atoms with Gasteiger partial charge >= 0.3 is 12.1 Å². The van der Waals surface area contributed by atoms with Gasteiger partial charge in [0.2, 0.25) is 0 Å². The van der Waals surface area contributed by atoms with Crippen molar-refractivity contribution in [3.05, 3.63) is 83.1 Å². The molecule has 0 aliphatic heterocycles. The Morgan fingerprint density at radius 3 is 2.21 bits per heavy atom. The van der Waals surface area contributed by atoms with Crippen LogP contribution >= 0.6 is 0 Å². The van der Waals surface area contributed by atoms with Gasteiger partial charge in [-0.2, -0.15) is 18.3 Å². The van der Waals surface area contributed by atoms with Gasteiger partial charge in [-0.1, -0.05) is 35.9 Å². The van der Waals surface area contributed by atoms with E-state index in [-0.39, 0.29) is 22.6 Å². The number of nitrogens with one attached hydrogen (secondary N) is 2. The zero-order valence-corrected chi connectivity index (χ0v) is 17.3. The largest absolute Gasteiger partial charge is 0.451 e. The van der Waals surface area contributed by atoms with Crippen LogP contribution in [0.3, 0.4) is 0 Å². The molecular weight excluding hydrogens is 441 g/mol. The zero-order chi connectivity index (χ0) is 24.2. The molecular formula is C22H19F3N4O4. The number of carbonyl (C=O) groups is 3. The highest BCUT2D eigenvalue weighted by atomic mass is 19.4.